The van der Waals surface area contributed by atoms with Crippen molar-refractivity contribution < 1.29 is 0 Å². The Morgan fingerprint density at radius 3 is 2.67 bits per heavy atom. The van der Waals surface area contributed by atoms with E-state index in [1.807, 2.05) is 40.9 Å². The third-order valence-corrected chi connectivity index (χ3v) is 3.22. The molecule has 0 unspecified atom stereocenters. The Kier molecular flexibility index (Phi) is 2.52. The first-order chi connectivity index (χ1) is 8.81. The van der Waals surface area contributed by atoms with E-state index in [1.165, 1.54) is 5.56 Å². The lowest BCUT2D eigenvalue weighted by Gasteiger charge is -2.05. The molecule has 0 saturated heterocycles. The van der Waals surface area contributed by atoms with E-state index in [9.17, 15) is 0 Å². The lowest BCUT2D eigenvalue weighted by atomic mass is 10.0. The molecule has 0 fully saturated rings. The monoisotopic (exact) mass is 237 g/mol. The number of hydrogen-bond acceptors (Lipinski definition) is 2. The summed E-state index contributed by atoms with van der Waals surface area (Å²) in [5.41, 5.74) is 10.4. The SMILES string of the molecule is CCc1ccccc1-c1nc2ccccn2c1N. The number of imidazole rings is 1. The maximum absolute atomic E-state index is 6.20. The van der Waals surface area contributed by atoms with Crippen LogP contribution in [-0.4, -0.2) is 9.38 Å². The number of nitrogens with zero attached hydrogens (tertiary/aromatic N) is 2. The highest BCUT2D eigenvalue weighted by molar-refractivity contribution is 5.77. The third kappa shape index (κ3) is 1.56. The van der Waals surface area contributed by atoms with Crippen LogP contribution in [0.2, 0.25) is 0 Å². The van der Waals surface area contributed by atoms with Crippen LogP contribution in [0.5, 0.6) is 0 Å². The number of pyridine rings is 1. The van der Waals surface area contributed by atoms with Crippen LogP contribution in [0.3, 0.4) is 0 Å². The molecule has 0 bridgehead atoms. The molecule has 3 nitrogen and oxygen atoms in total. The Morgan fingerprint density at radius 1 is 1.11 bits per heavy atom. The molecule has 3 rings (SSSR count). The van der Waals surface area contributed by atoms with E-state index in [2.05, 4.69) is 24.0 Å². The zero-order valence-electron chi connectivity index (χ0n) is 10.3. The molecule has 2 heterocycles. The molecule has 18 heavy (non-hydrogen) atoms. The van der Waals surface area contributed by atoms with Gasteiger partial charge in [0.2, 0.25) is 0 Å². The molecule has 0 aliphatic carbocycles. The summed E-state index contributed by atoms with van der Waals surface area (Å²) in [4.78, 5) is 4.63. The standard InChI is InChI=1S/C15H15N3/c1-2-11-7-3-4-8-12(11)14-15(16)18-10-6-5-9-13(18)17-14/h3-10H,2,16H2,1H3. The lowest BCUT2D eigenvalue weighted by Crippen LogP contribution is -1.95. The van der Waals surface area contributed by atoms with Gasteiger partial charge in [-0.25, -0.2) is 4.98 Å². The number of anilines is 1. The minimum Gasteiger partial charge on any atom is -0.383 e. The molecule has 0 amide bonds. The van der Waals surface area contributed by atoms with Crippen molar-refractivity contribution in [2.75, 3.05) is 5.73 Å². The van der Waals surface area contributed by atoms with E-state index < -0.39 is 0 Å². The predicted octanol–water partition coefficient (Wildman–Crippen LogP) is 3.15. The Hall–Kier alpha value is -2.29. The molecule has 2 N–H and O–H groups in total. The molecule has 0 radical (unpaired) electrons. The summed E-state index contributed by atoms with van der Waals surface area (Å²) in [5, 5.41) is 0. The van der Waals surface area contributed by atoms with Gasteiger partial charge in [-0.2, -0.15) is 0 Å². The van der Waals surface area contributed by atoms with Gasteiger partial charge in [-0.1, -0.05) is 37.3 Å². The number of hydrogen-bond donors (Lipinski definition) is 1. The van der Waals surface area contributed by atoms with Gasteiger partial charge < -0.3 is 5.73 Å². The number of aromatic nitrogens is 2. The number of fused-ring (bicyclic) bond motifs is 1. The number of aryl methyl sites for hydroxylation is 1. The van der Waals surface area contributed by atoms with Gasteiger partial charge in [-0.3, -0.25) is 4.40 Å². The zero-order chi connectivity index (χ0) is 12.5. The van der Waals surface area contributed by atoms with Crippen molar-refractivity contribution in [3.8, 4) is 11.3 Å². The van der Waals surface area contributed by atoms with Crippen LogP contribution >= 0.6 is 0 Å². The van der Waals surface area contributed by atoms with Crippen LogP contribution < -0.4 is 5.73 Å². The van der Waals surface area contributed by atoms with Gasteiger partial charge in [0.1, 0.15) is 17.2 Å². The summed E-state index contributed by atoms with van der Waals surface area (Å²) in [7, 11) is 0. The van der Waals surface area contributed by atoms with Gasteiger partial charge in [0.15, 0.2) is 0 Å². The number of benzene rings is 1. The lowest BCUT2D eigenvalue weighted by molar-refractivity contribution is 1.14. The Labute approximate surface area is 106 Å². The first-order valence-electron chi connectivity index (χ1n) is 6.12. The molecule has 0 saturated carbocycles. The Morgan fingerprint density at radius 2 is 1.89 bits per heavy atom. The fourth-order valence-electron chi connectivity index (χ4n) is 2.27. The first-order valence-corrected chi connectivity index (χ1v) is 6.12. The molecule has 3 heteroatoms. The quantitative estimate of drug-likeness (QED) is 0.744. The molecule has 0 spiro atoms. The molecule has 3 aromatic rings. The van der Waals surface area contributed by atoms with Gasteiger partial charge in [-0.05, 0) is 24.1 Å². The Balaban J connectivity index is 2.28. The van der Waals surface area contributed by atoms with Gasteiger partial charge in [-0.15, -0.1) is 0 Å². The minimum absolute atomic E-state index is 0.700. The van der Waals surface area contributed by atoms with Crippen LogP contribution in [-0.2, 0) is 6.42 Å². The predicted molar refractivity (Wildman–Crippen MR) is 74.4 cm³/mol. The fourth-order valence-corrected chi connectivity index (χ4v) is 2.27. The molecule has 0 atom stereocenters. The maximum Gasteiger partial charge on any atom is 0.139 e. The van der Waals surface area contributed by atoms with Crippen LogP contribution in [0, 0.1) is 0 Å². The van der Waals surface area contributed by atoms with Crippen LogP contribution in [0.4, 0.5) is 5.82 Å². The van der Waals surface area contributed by atoms with Gasteiger partial charge in [0.05, 0.1) is 0 Å². The molecule has 0 aliphatic heterocycles. The molecular formula is C15H15N3. The van der Waals surface area contributed by atoms with Crippen molar-refractivity contribution >= 4 is 11.5 Å². The topological polar surface area (TPSA) is 43.3 Å². The molecular weight excluding hydrogens is 222 g/mol. The van der Waals surface area contributed by atoms with E-state index in [0.717, 1.165) is 23.3 Å². The third-order valence-electron chi connectivity index (χ3n) is 3.22. The molecule has 1 aromatic carbocycles. The number of nitrogens with two attached hydrogens (primary N) is 1. The second kappa shape index (κ2) is 4.18. The van der Waals surface area contributed by atoms with E-state index in [4.69, 9.17) is 5.73 Å². The van der Waals surface area contributed by atoms with Crippen molar-refractivity contribution in [1.82, 2.24) is 9.38 Å². The van der Waals surface area contributed by atoms with Crippen molar-refractivity contribution in [2.24, 2.45) is 0 Å². The smallest absolute Gasteiger partial charge is 0.139 e. The van der Waals surface area contributed by atoms with Crippen molar-refractivity contribution in [1.29, 1.82) is 0 Å². The van der Waals surface area contributed by atoms with Gasteiger partial charge in [0, 0.05) is 11.8 Å². The molecule has 0 aliphatic rings. The molecule has 90 valence electrons. The Bertz CT molecular complexity index is 698. The van der Waals surface area contributed by atoms with Crippen molar-refractivity contribution in [3.63, 3.8) is 0 Å². The summed E-state index contributed by atoms with van der Waals surface area (Å²) in [6.45, 7) is 2.14. The van der Waals surface area contributed by atoms with Gasteiger partial charge >= 0.3 is 0 Å². The van der Waals surface area contributed by atoms with Gasteiger partial charge in [0.25, 0.3) is 0 Å². The summed E-state index contributed by atoms with van der Waals surface area (Å²) < 4.78 is 1.92. The fraction of sp³-hybridized carbons (Fsp3) is 0.133. The summed E-state index contributed by atoms with van der Waals surface area (Å²) in [5.74, 6) is 0.700. The highest BCUT2D eigenvalue weighted by Gasteiger charge is 2.12. The average molecular weight is 237 g/mol. The largest absolute Gasteiger partial charge is 0.383 e. The van der Waals surface area contributed by atoms with Crippen molar-refractivity contribution in [3.05, 3.63) is 54.2 Å². The maximum atomic E-state index is 6.20. The second-order valence-corrected chi connectivity index (χ2v) is 4.29. The highest BCUT2D eigenvalue weighted by Crippen LogP contribution is 2.29. The van der Waals surface area contributed by atoms with Crippen LogP contribution in [0.25, 0.3) is 16.9 Å². The molecule has 2 aromatic heterocycles. The minimum atomic E-state index is 0.700. The zero-order valence-corrected chi connectivity index (χ0v) is 10.3. The summed E-state index contributed by atoms with van der Waals surface area (Å²) in [6.07, 6.45) is 2.92. The number of nitrogen functional groups attached to an aromatic ring is 1. The van der Waals surface area contributed by atoms with E-state index >= 15 is 0 Å². The average Bonchev–Trinajstić information content (AvgIpc) is 2.76. The highest BCUT2D eigenvalue weighted by atomic mass is 15.1. The van der Waals surface area contributed by atoms with E-state index in [1.54, 1.807) is 0 Å². The van der Waals surface area contributed by atoms with E-state index in [-0.39, 0.29) is 0 Å². The van der Waals surface area contributed by atoms with Crippen LogP contribution in [0.1, 0.15) is 12.5 Å². The van der Waals surface area contributed by atoms with Crippen LogP contribution in [0.15, 0.2) is 48.7 Å². The van der Waals surface area contributed by atoms with Crippen molar-refractivity contribution in [2.45, 2.75) is 13.3 Å². The second-order valence-electron chi connectivity index (χ2n) is 4.29. The van der Waals surface area contributed by atoms with E-state index in [0.29, 0.717) is 5.82 Å². The number of rotatable bonds is 2. The summed E-state index contributed by atoms with van der Waals surface area (Å²) in [6, 6.07) is 14.2. The summed E-state index contributed by atoms with van der Waals surface area (Å²) >= 11 is 0. The normalized spacial score (nSPS) is 10.9. The first kappa shape index (κ1) is 10.8.